The highest BCUT2D eigenvalue weighted by atomic mass is 19.1. The van der Waals surface area contributed by atoms with Crippen molar-refractivity contribution in [1.29, 1.82) is 0 Å². The molecule has 0 amide bonds. The predicted molar refractivity (Wildman–Crippen MR) is 102 cm³/mol. The Hall–Kier alpha value is -3.39. The molecule has 1 N–H and O–H groups in total. The van der Waals surface area contributed by atoms with E-state index in [1.165, 1.54) is 12.1 Å². The molecule has 4 aromatic rings. The van der Waals surface area contributed by atoms with Crippen LogP contribution in [0.15, 0.2) is 57.5 Å². The first-order valence-corrected chi connectivity index (χ1v) is 9.05. The van der Waals surface area contributed by atoms with E-state index >= 15 is 0 Å². The molecule has 148 valence electrons. The van der Waals surface area contributed by atoms with E-state index in [-0.39, 0.29) is 12.6 Å². The SMILES string of the molecule is Cc1onc(-c2ccccc2)c1-c1nnc(CN[C@H](C)c2ccc(F)cc2F)o1. The lowest BCUT2D eigenvalue weighted by atomic mass is 10.1. The molecule has 6 nitrogen and oxygen atoms in total. The van der Waals surface area contributed by atoms with Crippen molar-refractivity contribution in [3.63, 3.8) is 0 Å². The van der Waals surface area contributed by atoms with E-state index in [4.69, 9.17) is 8.94 Å². The smallest absolute Gasteiger partial charge is 0.253 e. The van der Waals surface area contributed by atoms with E-state index in [0.717, 1.165) is 11.6 Å². The van der Waals surface area contributed by atoms with Crippen LogP contribution in [0.4, 0.5) is 8.78 Å². The maximum atomic E-state index is 13.9. The third-order valence-corrected chi connectivity index (χ3v) is 4.58. The molecule has 8 heteroatoms. The van der Waals surface area contributed by atoms with Crippen molar-refractivity contribution in [2.75, 3.05) is 0 Å². The first kappa shape index (κ1) is 18.9. The van der Waals surface area contributed by atoms with Crippen molar-refractivity contribution in [1.82, 2.24) is 20.7 Å². The third-order valence-electron chi connectivity index (χ3n) is 4.58. The quantitative estimate of drug-likeness (QED) is 0.503. The Kier molecular flexibility index (Phi) is 5.18. The molecule has 0 saturated carbocycles. The molecule has 0 aliphatic carbocycles. The van der Waals surface area contributed by atoms with Crippen LogP contribution in [-0.2, 0) is 6.54 Å². The highest BCUT2D eigenvalue weighted by Crippen LogP contribution is 2.33. The monoisotopic (exact) mass is 396 g/mol. The van der Waals surface area contributed by atoms with Gasteiger partial charge in [0, 0.05) is 23.2 Å². The number of hydrogen-bond acceptors (Lipinski definition) is 6. The van der Waals surface area contributed by atoms with Crippen LogP contribution in [-0.4, -0.2) is 15.4 Å². The van der Waals surface area contributed by atoms with Crippen LogP contribution in [0, 0.1) is 18.6 Å². The Bertz CT molecular complexity index is 1120. The van der Waals surface area contributed by atoms with Gasteiger partial charge in [0.2, 0.25) is 5.89 Å². The average Bonchev–Trinajstić information content (AvgIpc) is 3.33. The molecular formula is C21H18F2N4O2. The van der Waals surface area contributed by atoms with Crippen molar-refractivity contribution in [3.8, 4) is 22.7 Å². The van der Waals surface area contributed by atoms with Crippen molar-refractivity contribution >= 4 is 0 Å². The van der Waals surface area contributed by atoms with Crippen LogP contribution in [0.5, 0.6) is 0 Å². The van der Waals surface area contributed by atoms with E-state index in [1.807, 2.05) is 30.3 Å². The lowest BCUT2D eigenvalue weighted by Crippen LogP contribution is -2.19. The van der Waals surface area contributed by atoms with Crippen molar-refractivity contribution in [3.05, 3.63) is 77.4 Å². The lowest BCUT2D eigenvalue weighted by molar-refractivity contribution is 0.399. The van der Waals surface area contributed by atoms with Crippen LogP contribution in [0.2, 0.25) is 0 Å². The fourth-order valence-electron chi connectivity index (χ4n) is 3.05. The molecule has 0 aliphatic heterocycles. The number of hydrogen-bond donors (Lipinski definition) is 1. The van der Waals surface area contributed by atoms with Crippen molar-refractivity contribution in [2.24, 2.45) is 0 Å². The summed E-state index contributed by atoms with van der Waals surface area (Å²) in [7, 11) is 0. The van der Waals surface area contributed by atoms with Crippen LogP contribution in [0.3, 0.4) is 0 Å². The summed E-state index contributed by atoms with van der Waals surface area (Å²) in [5.41, 5.74) is 2.48. The molecule has 0 bridgehead atoms. The number of aromatic nitrogens is 3. The Morgan fingerprint density at radius 3 is 2.62 bits per heavy atom. The highest BCUT2D eigenvalue weighted by Gasteiger charge is 2.22. The van der Waals surface area contributed by atoms with Crippen LogP contribution >= 0.6 is 0 Å². The van der Waals surface area contributed by atoms with Gasteiger partial charge in [0.05, 0.1) is 6.54 Å². The number of rotatable bonds is 6. The molecule has 1 atom stereocenters. The van der Waals surface area contributed by atoms with Crippen LogP contribution in [0.1, 0.15) is 30.2 Å². The van der Waals surface area contributed by atoms with Gasteiger partial charge in [0.1, 0.15) is 28.7 Å². The van der Waals surface area contributed by atoms with E-state index in [0.29, 0.717) is 34.4 Å². The highest BCUT2D eigenvalue weighted by molar-refractivity contribution is 5.77. The molecule has 0 saturated heterocycles. The van der Waals surface area contributed by atoms with Gasteiger partial charge in [0.25, 0.3) is 5.89 Å². The Labute approximate surface area is 165 Å². The predicted octanol–water partition coefficient (Wildman–Crippen LogP) is 4.83. The second kappa shape index (κ2) is 7.92. The molecule has 2 aromatic heterocycles. The summed E-state index contributed by atoms with van der Waals surface area (Å²) in [6.45, 7) is 3.76. The summed E-state index contributed by atoms with van der Waals surface area (Å²) < 4.78 is 38.1. The average molecular weight is 396 g/mol. The van der Waals surface area contributed by atoms with Gasteiger partial charge < -0.3 is 14.3 Å². The minimum atomic E-state index is -0.613. The van der Waals surface area contributed by atoms with Crippen molar-refractivity contribution < 1.29 is 17.7 Å². The van der Waals surface area contributed by atoms with Crippen LogP contribution in [0.25, 0.3) is 22.7 Å². The van der Waals surface area contributed by atoms with Crippen LogP contribution < -0.4 is 5.32 Å². The molecule has 0 aliphatic rings. The van der Waals surface area contributed by atoms with Gasteiger partial charge in [-0.3, -0.25) is 0 Å². The first-order chi connectivity index (χ1) is 14.0. The summed E-state index contributed by atoms with van der Waals surface area (Å²) in [6, 6.07) is 12.7. The number of aryl methyl sites for hydroxylation is 1. The summed E-state index contributed by atoms with van der Waals surface area (Å²) >= 11 is 0. The number of halogens is 2. The topological polar surface area (TPSA) is 77.0 Å². The molecule has 0 unspecified atom stereocenters. The molecule has 0 fully saturated rings. The second-order valence-electron chi connectivity index (χ2n) is 6.60. The van der Waals surface area contributed by atoms with E-state index in [9.17, 15) is 8.78 Å². The van der Waals surface area contributed by atoms with Gasteiger partial charge in [-0.25, -0.2) is 8.78 Å². The van der Waals surface area contributed by atoms with Gasteiger partial charge in [-0.05, 0) is 19.9 Å². The van der Waals surface area contributed by atoms with Gasteiger partial charge >= 0.3 is 0 Å². The molecular weight excluding hydrogens is 378 g/mol. The normalized spacial score (nSPS) is 12.3. The molecule has 0 spiro atoms. The minimum Gasteiger partial charge on any atom is -0.419 e. The number of nitrogens with one attached hydrogen (secondary N) is 1. The summed E-state index contributed by atoms with van der Waals surface area (Å²) in [4.78, 5) is 0. The fourth-order valence-corrected chi connectivity index (χ4v) is 3.05. The van der Waals surface area contributed by atoms with Gasteiger partial charge in [-0.15, -0.1) is 10.2 Å². The van der Waals surface area contributed by atoms with E-state index in [1.54, 1.807) is 13.8 Å². The number of benzene rings is 2. The summed E-state index contributed by atoms with van der Waals surface area (Å²) in [5.74, 6) is -0.0371. The van der Waals surface area contributed by atoms with Gasteiger partial charge in [-0.2, -0.15) is 0 Å². The maximum absolute atomic E-state index is 13.9. The molecule has 0 radical (unpaired) electrons. The Balaban J connectivity index is 1.52. The summed E-state index contributed by atoms with van der Waals surface area (Å²) in [6.07, 6.45) is 0. The lowest BCUT2D eigenvalue weighted by Gasteiger charge is -2.13. The third kappa shape index (κ3) is 3.93. The largest absolute Gasteiger partial charge is 0.419 e. The maximum Gasteiger partial charge on any atom is 0.253 e. The zero-order valence-electron chi connectivity index (χ0n) is 15.8. The molecule has 2 aromatic carbocycles. The summed E-state index contributed by atoms with van der Waals surface area (Å²) in [5, 5.41) is 15.4. The zero-order chi connectivity index (χ0) is 20.4. The Morgan fingerprint density at radius 2 is 1.86 bits per heavy atom. The van der Waals surface area contributed by atoms with Crippen molar-refractivity contribution in [2.45, 2.75) is 26.4 Å². The molecule has 4 rings (SSSR count). The Morgan fingerprint density at radius 1 is 1.07 bits per heavy atom. The fraction of sp³-hybridized carbons (Fsp3) is 0.190. The van der Waals surface area contributed by atoms with Gasteiger partial charge in [0.15, 0.2) is 0 Å². The second-order valence-corrected chi connectivity index (χ2v) is 6.60. The van der Waals surface area contributed by atoms with E-state index in [2.05, 4.69) is 20.7 Å². The van der Waals surface area contributed by atoms with E-state index < -0.39 is 11.6 Å². The standard InChI is InChI=1S/C21H18F2N4O2/c1-12(16-9-8-15(22)10-17(16)23)24-11-18-25-26-21(28-18)19-13(2)29-27-20(19)14-6-4-3-5-7-14/h3-10,12,24H,11H2,1-2H3/t12-/m1/s1. The number of nitrogens with zero attached hydrogens (tertiary/aromatic N) is 3. The zero-order valence-corrected chi connectivity index (χ0v) is 15.8. The molecule has 2 heterocycles. The molecule has 29 heavy (non-hydrogen) atoms. The first-order valence-electron chi connectivity index (χ1n) is 9.05. The minimum absolute atomic E-state index is 0.218. The van der Waals surface area contributed by atoms with Gasteiger partial charge in [-0.1, -0.05) is 41.6 Å².